The van der Waals surface area contributed by atoms with E-state index in [4.69, 9.17) is 16.3 Å². The Labute approximate surface area is 105 Å². The molecule has 1 aromatic carbocycles. The Bertz CT molecular complexity index is 433. The first-order valence-electron chi connectivity index (χ1n) is 5.64. The highest BCUT2D eigenvalue weighted by molar-refractivity contribution is 6.30. The Morgan fingerprint density at radius 1 is 1.41 bits per heavy atom. The lowest BCUT2D eigenvalue weighted by molar-refractivity contribution is -0.149. The van der Waals surface area contributed by atoms with Gasteiger partial charge in [-0.2, -0.15) is 0 Å². The largest absolute Gasteiger partial charge is 0.385 e. The lowest BCUT2D eigenvalue weighted by Crippen LogP contribution is -2.44. The Morgan fingerprint density at radius 2 is 2.12 bits per heavy atom. The van der Waals surface area contributed by atoms with Crippen LogP contribution >= 0.6 is 11.6 Å². The highest BCUT2D eigenvalue weighted by atomic mass is 35.5. The van der Waals surface area contributed by atoms with Gasteiger partial charge in [0.1, 0.15) is 5.82 Å². The molecular formula is C13H16ClFO2. The van der Waals surface area contributed by atoms with Crippen LogP contribution in [0.2, 0.25) is 5.02 Å². The molecule has 1 N–H and O–H groups in total. The van der Waals surface area contributed by atoms with Gasteiger partial charge in [0.2, 0.25) is 0 Å². The van der Waals surface area contributed by atoms with Gasteiger partial charge in [-0.25, -0.2) is 4.39 Å². The highest BCUT2D eigenvalue weighted by Crippen LogP contribution is 2.40. The van der Waals surface area contributed by atoms with Crippen LogP contribution in [-0.4, -0.2) is 17.3 Å². The van der Waals surface area contributed by atoms with Crippen molar-refractivity contribution in [1.29, 1.82) is 0 Å². The average molecular weight is 259 g/mol. The van der Waals surface area contributed by atoms with Gasteiger partial charge in [-0.1, -0.05) is 17.7 Å². The minimum atomic E-state index is -1.17. The lowest BCUT2D eigenvalue weighted by Gasteiger charge is -2.41. The number of hydrogen-bond donors (Lipinski definition) is 1. The molecule has 1 aliphatic heterocycles. The highest BCUT2D eigenvalue weighted by Gasteiger charge is 2.42. The minimum absolute atomic E-state index is 0.304. The first kappa shape index (κ1) is 12.8. The van der Waals surface area contributed by atoms with Crippen LogP contribution in [0.4, 0.5) is 4.39 Å². The van der Waals surface area contributed by atoms with E-state index in [0.717, 1.165) is 0 Å². The zero-order valence-electron chi connectivity index (χ0n) is 9.96. The van der Waals surface area contributed by atoms with E-state index in [-0.39, 0.29) is 0 Å². The van der Waals surface area contributed by atoms with Gasteiger partial charge >= 0.3 is 0 Å². The smallest absolute Gasteiger partial charge is 0.130 e. The van der Waals surface area contributed by atoms with Crippen molar-refractivity contribution in [2.75, 3.05) is 6.61 Å². The monoisotopic (exact) mass is 258 g/mol. The first-order valence-corrected chi connectivity index (χ1v) is 6.02. The lowest BCUT2D eigenvalue weighted by atomic mass is 9.79. The third-order valence-corrected chi connectivity index (χ3v) is 3.39. The van der Waals surface area contributed by atoms with Gasteiger partial charge in [-0.3, -0.25) is 0 Å². The summed E-state index contributed by atoms with van der Waals surface area (Å²) in [7, 11) is 0. The quantitative estimate of drug-likeness (QED) is 0.838. The fourth-order valence-corrected chi connectivity index (χ4v) is 2.60. The molecule has 1 heterocycles. The summed E-state index contributed by atoms with van der Waals surface area (Å²) in [6.45, 7) is 4.21. The van der Waals surface area contributed by atoms with Crippen molar-refractivity contribution < 1.29 is 14.2 Å². The van der Waals surface area contributed by atoms with Crippen molar-refractivity contribution in [3.8, 4) is 0 Å². The summed E-state index contributed by atoms with van der Waals surface area (Å²) in [6, 6.07) is 4.39. The summed E-state index contributed by atoms with van der Waals surface area (Å²) < 4.78 is 19.4. The van der Waals surface area contributed by atoms with Crippen molar-refractivity contribution in [1.82, 2.24) is 0 Å². The molecule has 0 spiro atoms. The van der Waals surface area contributed by atoms with Crippen LogP contribution in [0.15, 0.2) is 18.2 Å². The number of benzene rings is 1. The van der Waals surface area contributed by atoms with Gasteiger partial charge in [0.05, 0.1) is 17.8 Å². The molecule has 1 atom stereocenters. The van der Waals surface area contributed by atoms with Crippen LogP contribution in [0.25, 0.3) is 0 Å². The Morgan fingerprint density at radius 3 is 2.71 bits per heavy atom. The molecule has 1 fully saturated rings. The SMILES string of the molecule is CC1(C)CC(O)(c2ccc(Cl)cc2F)CCO1. The predicted octanol–water partition coefficient (Wildman–Crippen LogP) is 3.26. The van der Waals surface area contributed by atoms with E-state index in [1.54, 1.807) is 12.1 Å². The van der Waals surface area contributed by atoms with Crippen LogP contribution in [-0.2, 0) is 10.3 Å². The van der Waals surface area contributed by atoms with Crippen molar-refractivity contribution in [2.24, 2.45) is 0 Å². The number of rotatable bonds is 1. The second-order valence-electron chi connectivity index (χ2n) is 5.19. The predicted molar refractivity (Wildman–Crippen MR) is 64.6 cm³/mol. The molecule has 0 amide bonds. The number of halogens is 2. The third kappa shape index (κ3) is 2.62. The summed E-state index contributed by atoms with van der Waals surface area (Å²) in [5.41, 5.74) is -1.31. The van der Waals surface area contributed by atoms with E-state index in [0.29, 0.717) is 30.0 Å². The zero-order chi connectivity index (χ0) is 12.7. The summed E-state index contributed by atoms with van der Waals surface area (Å²) in [4.78, 5) is 0. The van der Waals surface area contributed by atoms with Crippen LogP contribution in [0, 0.1) is 5.82 Å². The third-order valence-electron chi connectivity index (χ3n) is 3.16. The fraction of sp³-hybridized carbons (Fsp3) is 0.538. The molecule has 0 aliphatic carbocycles. The summed E-state index contributed by atoms with van der Waals surface area (Å²) in [5, 5.41) is 10.9. The van der Waals surface area contributed by atoms with Gasteiger partial charge in [0.25, 0.3) is 0 Å². The maximum Gasteiger partial charge on any atom is 0.130 e. The second-order valence-corrected chi connectivity index (χ2v) is 5.63. The fourth-order valence-electron chi connectivity index (χ4n) is 2.44. The Kier molecular flexibility index (Phi) is 3.19. The molecule has 0 radical (unpaired) electrons. The minimum Gasteiger partial charge on any atom is -0.385 e. The maximum absolute atomic E-state index is 13.8. The summed E-state index contributed by atoms with van der Waals surface area (Å²) in [6.07, 6.45) is 0.771. The van der Waals surface area contributed by atoms with Crippen LogP contribution in [0.3, 0.4) is 0 Å². The number of ether oxygens (including phenoxy) is 1. The molecule has 0 saturated carbocycles. The second kappa shape index (κ2) is 4.23. The molecule has 1 saturated heterocycles. The van der Waals surface area contributed by atoms with Gasteiger partial charge in [-0.05, 0) is 26.0 Å². The standard InChI is InChI=1S/C13H16ClFO2/c1-12(2)8-13(16,5-6-17-12)10-4-3-9(14)7-11(10)15/h3-4,7,16H,5-6,8H2,1-2H3. The molecule has 1 aromatic rings. The van der Waals surface area contributed by atoms with Crippen molar-refractivity contribution in [3.63, 3.8) is 0 Å². The van der Waals surface area contributed by atoms with Crippen LogP contribution < -0.4 is 0 Å². The topological polar surface area (TPSA) is 29.5 Å². The van der Waals surface area contributed by atoms with E-state index in [9.17, 15) is 9.50 Å². The van der Waals surface area contributed by atoms with Crippen molar-refractivity contribution in [3.05, 3.63) is 34.6 Å². The molecule has 4 heteroatoms. The van der Waals surface area contributed by atoms with Gasteiger partial charge in [0, 0.05) is 23.4 Å². The van der Waals surface area contributed by atoms with E-state index in [2.05, 4.69) is 0 Å². The van der Waals surface area contributed by atoms with Crippen LogP contribution in [0.5, 0.6) is 0 Å². The van der Waals surface area contributed by atoms with E-state index < -0.39 is 17.0 Å². The molecule has 0 aromatic heterocycles. The van der Waals surface area contributed by atoms with Crippen LogP contribution in [0.1, 0.15) is 32.3 Å². The van der Waals surface area contributed by atoms with Crippen molar-refractivity contribution >= 4 is 11.6 Å². The molecular weight excluding hydrogens is 243 g/mol. The Hall–Kier alpha value is -0.640. The molecule has 1 unspecified atom stereocenters. The summed E-state index contributed by atoms with van der Waals surface area (Å²) >= 11 is 5.71. The maximum atomic E-state index is 13.8. The molecule has 94 valence electrons. The van der Waals surface area contributed by atoms with Gasteiger partial charge < -0.3 is 9.84 Å². The summed E-state index contributed by atoms with van der Waals surface area (Å²) in [5.74, 6) is -0.460. The van der Waals surface area contributed by atoms with Crippen molar-refractivity contribution in [2.45, 2.75) is 37.9 Å². The van der Waals surface area contributed by atoms with E-state index in [1.807, 2.05) is 13.8 Å². The molecule has 1 aliphatic rings. The Balaban J connectivity index is 2.37. The van der Waals surface area contributed by atoms with E-state index >= 15 is 0 Å². The number of aliphatic hydroxyl groups is 1. The molecule has 2 rings (SSSR count). The molecule has 17 heavy (non-hydrogen) atoms. The normalized spacial score (nSPS) is 28.1. The molecule has 2 nitrogen and oxygen atoms in total. The average Bonchev–Trinajstić information content (AvgIpc) is 2.14. The molecule has 0 bridgehead atoms. The zero-order valence-corrected chi connectivity index (χ0v) is 10.7. The first-order chi connectivity index (χ1) is 7.82. The van der Waals surface area contributed by atoms with Gasteiger partial charge in [-0.15, -0.1) is 0 Å². The van der Waals surface area contributed by atoms with Gasteiger partial charge in [0.15, 0.2) is 0 Å². The van der Waals surface area contributed by atoms with E-state index in [1.165, 1.54) is 6.07 Å². The number of hydrogen-bond acceptors (Lipinski definition) is 2.